The molecular formula is C12H15Cl2N3O3S. The zero-order valence-corrected chi connectivity index (χ0v) is 13.5. The van der Waals surface area contributed by atoms with Gasteiger partial charge in [-0.05, 0) is 25.3 Å². The molecule has 1 N–H and O–H groups in total. The average molecular weight is 352 g/mol. The van der Waals surface area contributed by atoms with Gasteiger partial charge in [-0.25, -0.2) is 18.1 Å². The van der Waals surface area contributed by atoms with Crippen molar-refractivity contribution in [2.24, 2.45) is 0 Å². The van der Waals surface area contributed by atoms with Crippen LogP contribution >= 0.6 is 23.2 Å². The maximum absolute atomic E-state index is 12.1. The van der Waals surface area contributed by atoms with Crippen LogP contribution in [0.15, 0.2) is 17.2 Å². The number of sulfonamides is 1. The first-order valence-corrected chi connectivity index (χ1v) is 8.72. The first-order valence-electron chi connectivity index (χ1n) is 6.48. The van der Waals surface area contributed by atoms with Crippen molar-refractivity contribution in [3.05, 3.63) is 22.4 Å². The van der Waals surface area contributed by atoms with E-state index in [1.807, 2.05) is 0 Å². The number of hydrogen-bond acceptors (Lipinski definition) is 4. The molecule has 1 amide bonds. The summed E-state index contributed by atoms with van der Waals surface area (Å²) in [6.07, 6.45) is 4.11. The second kappa shape index (κ2) is 6.91. The van der Waals surface area contributed by atoms with Gasteiger partial charge in [0.15, 0.2) is 0 Å². The quantitative estimate of drug-likeness (QED) is 0.837. The molecule has 2 rings (SSSR count). The van der Waals surface area contributed by atoms with Crippen molar-refractivity contribution < 1.29 is 13.2 Å². The molecule has 1 aromatic heterocycles. The Morgan fingerprint density at radius 3 is 2.57 bits per heavy atom. The van der Waals surface area contributed by atoms with E-state index in [0.717, 1.165) is 25.5 Å². The van der Waals surface area contributed by atoms with Crippen LogP contribution in [0.25, 0.3) is 0 Å². The summed E-state index contributed by atoms with van der Waals surface area (Å²) in [5.41, 5.74) is 0. The molecule has 0 spiro atoms. The summed E-state index contributed by atoms with van der Waals surface area (Å²) in [7, 11) is -3.84. The number of halogens is 2. The lowest BCUT2D eigenvalue weighted by atomic mass is 10.1. The lowest BCUT2D eigenvalue weighted by molar-refractivity contribution is -0.130. The molecule has 1 fully saturated rings. The minimum Gasteiger partial charge on any atom is -0.342 e. The lowest BCUT2D eigenvalue weighted by Gasteiger charge is -2.26. The second-order valence-corrected chi connectivity index (χ2v) is 7.24. The fraction of sp³-hybridized carbons (Fsp3) is 0.500. The molecule has 2 heterocycles. The van der Waals surface area contributed by atoms with Crippen LogP contribution in [0, 0.1) is 0 Å². The van der Waals surface area contributed by atoms with Gasteiger partial charge in [-0.15, -0.1) is 0 Å². The minimum absolute atomic E-state index is 0.0278. The Morgan fingerprint density at radius 2 is 1.95 bits per heavy atom. The molecule has 116 valence electrons. The molecule has 0 radical (unpaired) electrons. The van der Waals surface area contributed by atoms with E-state index in [0.29, 0.717) is 13.1 Å². The van der Waals surface area contributed by atoms with Gasteiger partial charge in [0.25, 0.3) is 0 Å². The fourth-order valence-electron chi connectivity index (χ4n) is 2.05. The van der Waals surface area contributed by atoms with Crippen LogP contribution < -0.4 is 4.72 Å². The number of nitrogens with one attached hydrogen (secondary N) is 1. The van der Waals surface area contributed by atoms with E-state index in [1.54, 1.807) is 4.90 Å². The number of carbonyl (C=O) groups is 1. The van der Waals surface area contributed by atoms with E-state index in [2.05, 4.69) is 9.71 Å². The number of aromatic nitrogens is 1. The zero-order valence-electron chi connectivity index (χ0n) is 11.2. The van der Waals surface area contributed by atoms with E-state index in [9.17, 15) is 13.2 Å². The number of pyridine rings is 1. The van der Waals surface area contributed by atoms with E-state index < -0.39 is 10.0 Å². The maximum Gasteiger partial charge on any atom is 0.242 e. The summed E-state index contributed by atoms with van der Waals surface area (Å²) in [6.45, 7) is 1.08. The Kier molecular flexibility index (Phi) is 5.43. The minimum atomic E-state index is -3.84. The number of amides is 1. The van der Waals surface area contributed by atoms with Crippen molar-refractivity contribution in [3.8, 4) is 0 Å². The van der Waals surface area contributed by atoms with E-state index >= 15 is 0 Å². The highest BCUT2D eigenvalue weighted by Gasteiger charge is 2.21. The molecule has 0 bridgehead atoms. The van der Waals surface area contributed by atoms with Gasteiger partial charge >= 0.3 is 0 Å². The third-order valence-electron chi connectivity index (χ3n) is 3.20. The Hall–Kier alpha value is -0.890. The number of carbonyl (C=O) groups excluding carboxylic acids is 1. The van der Waals surface area contributed by atoms with Crippen molar-refractivity contribution >= 4 is 39.1 Å². The molecule has 0 unspecified atom stereocenters. The number of hydrogen-bond donors (Lipinski definition) is 1. The Bertz CT molecular complexity index is 631. The van der Waals surface area contributed by atoms with Gasteiger partial charge in [0.2, 0.25) is 15.9 Å². The fourth-order valence-corrected chi connectivity index (χ4v) is 3.32. The Labute approximate surface area is 133 Å². The number of rotatable bonds is 4. The maximum atomic E-state index is 12.1. The van der Waals surface area contributed by atoms with Crippen molar-refractivity contribution in [3.63, 3.8) is 0 Å². The van der Waals surface area contributed by atoms with E-state index in [4.69, 9.17) is 23.2 Å². The van der Waals surface area contributed by atoms with Crippen molar-refractivity contribution in [1.82, 2.24) is 14.6 Å². The van der Waals surface area contributed by atoms with Gasteiger partial charge in [-0.3, -0.25) is 4.79 Å². The summed E-state index contributed by atoms with van der Waals surface area (Å²) in [5, 5.41) is 0.0712. The monoisotopic (exact) mass is 351 g/mol. The van der Waals surface area contributed by atoms with E-state index in [-0.39, 0.29) is 27.5 Å². The van der Waals surface area contributed by atoms with Crippen molar-refractivity contribution in [2.75, 3.05) is 19.6 Å². The highest BCUT2D eigenvalue weighted by molar-refractivity contribution is 7.89. The predicted molar refractivity (Wildman–Crippen MR) is 79.9 cm³/mol. The van der Waals surface area contributed by atoms with Gasteiger partial charge in [0.05, 0.1) is 11.6 Å². The van der Waals surface area contributed by atoms with Gasteiger partial charge in [0.1, 0.15) is 10.0 Å². The van der Waals surface area contributed by atoms with Gasteiger partial charge < -0.3 is 4.90 Å². The number of nitrogens with zero attached hydrogens (tertiary/aromatic N) is 2. The summed E-state index contributed by atoms with van der Waals surface area (Å²) in [6, 6.07) is 1.20. The molecule has 0 atom stereocenters. The number of likely N-dealkylation sites (tertiary alicyclic amines) is 1. The second-order valence-electron chi connectivity index (χ2n) is 4.71. The van der Waals surface area contributed by atoms with Crippen LogP contribution in [-0.2, 0) is 14.8 Å². The predicted octanol–water partition coefficient (Wildman–Crippen LogP) is 1.68. The SMILES string of the molecule is O=C(CNS(=O)(=O)c1cnc(Cl)c(Cl)c1)N1CCCCC1. The molecule has 0 saturated carbocycles. The summed E-state index contributed by atoms with van der Waals surface area (Å²) in [5.74, 6) is -0.230. The van der Waals surface area contributed by atoms with Gasteiger partial charge in [-0.1, -0.05) is 23.2 Å². The van der Waals surface area contributed by atoms with Gasteiger partial charge in [-0.2, -0.15) is 0 Å². The molecular weight excluding hydrogens is 337 g/mol. The molecule has 0 aromatic carbocycles. The summed E-state index contributed by atoms with van der Waals surface area (Å²) < 4.78 is 26.4. The molecule has 21 heavy (non-hydrogen) atoms. The van der Waals surface area contributed by atoms with Crippen LogP contribution in [-0.4, -0.2) is 43.8 Å². The zero-order chi connectivity index (χ0) is 15.5. The van der Waals surface area contributed by atoms with Crippen molar-refractivity contribution in [2.45, 2.75) is 24.2 Å². The molecule has 9 heteroatoms. The third kappa shape index (κ3) is 4.29. The highest BCUT2D eigenvalue weighted by Crippen LogP contribution is 2.21. The smallest absolute Gasteiger partial charge is 0.242 e. The highest BCUT2D eigenvalue weighted by atomic mass is 35.5. The lowest BCUT2D eigenvalue weighted by Crippen LogP contribution is -2.42. The van der Waals surface area contributed by atoms with Crippen LogP contribution in [0.2, 0.25) is 10.2 Å². The largest absolute Gasteiger partial charge is 0.342 e. The van der Waals surface area contributed by atoms with Crippen LogP contribution in [0.4, 0.5) is 0 Å². The normalized spacial score (nSPS) is 16.0. The standard InChI is InChI=1S/C12H15Cl2N3O3S/c13-10-6-9(7-15-12(10)14)21(19,20)16-8-11(18)17-4-2-1-3-5-17/h6-7,16H,1-5,8H2. The molecule has 1 aromatic rings. The average Bonchev–Trinajstić information content (AvgIpc) is 2.48. The Balaban J connectivity index is 2.00. The van der Waals surface area contributed by atoms with E-state index in [1.165, 1.54) is 6.07 Å². The van der Waals surface area contributed by atoms with Crippen LogP contribution in [0.1, 0.15) is 19.3 Å². The molecule has 1 aliphatic rings. The van der Waals surface area contributed by atoms with Crippen LogP contribution in [0.5, 0.6) is 0 Å². The first kappa shape index (κ1) is 16.5. The topological polar surface area (TPSA) is 79.4 Å². The number of piperidine rings is 1. The van der Waals surface area contributed by atoms with Gasteiger partial charge in [0, 0.05) is 19.3 Å². The van der Waals surface area contributed by atoms with Crippen LogP contribution in [0.3, 0.4) is 0 Å². The molecule has 0 aliphatic carbocycles. The molecule has 6 nitrogen and oxygen atoms in total. The summed E-state index contributed by atoms with van der Waals surface area (Å²) in [4.78, 5) is 17.2. The van der Waals surface area contributed by atoms with Crippen molar-refractivity contribution in [1.29, 1.82) is 0 Å². The molecule has 1 saturated heterocycles. The third-order valence-corrected chi connectivity index (χ3v) is 5.26. The first-order chi connectivity index (χ1) is 9.90. The summed E-state index contributed by atoms with van der Waals surface area (Å²) >= 11 is 11.4. The molecule has 1 aliphatic heterocycles. The Morgan fingerprint density at radius 1 is 1.29 bits per heavy atom.